The first-order valence-electron chi connectivity index (χ1n) is 15.0. The van der Waals surface area contributed by atoms with E-state index in [1.54, 1.807) is 12.1 Å². The molecule has 1 heterocycles. The van der Waals surface area contributed by atoms with Gasteiger partial charge in [-0.3, -0.25) is 19.2 Å². The second kappa shape index (κ2) is 14.9. The van der Waals surface area contributed by atoms with Crippen LogP contribution in [-0.4, -0.2) is 47.2 Å². The number of amides is 4. The Bertz CT molecular complexity index is 1570. The second-order valence-electron chi connectivity index (χ2n) is 12.7. The summed E-state index contributed by atoms with van der Waals surface area (Å²) in [5.74, 6) is -1.36. The quantitative estimate of drug-likeness (QED) is 0.363. The first-order valence-corrected chi connectivity index (χ1v) is 15.7. The second-order valence-corrected chi connectivity index (χ2v) is 13.5. The molecule has 2 atom stereocenters. The van der Waals surface area contributed by atoms with Crippen molar-refractivity contribution in [2.75, 3.05) is 6.54 Å². The Kier molecular flexibility index (Phi) is 11.3. The van der Waals surface area contributed by atoms with E-state index in [9.17, 15) is 19.2 Å². The maximum atomic E-state index is 14.0. The van der Waals surface area contributed by atoms with Gasteiger partial charge in [-0.05, 0) is 58.7 Å². The maximum absolute atomic E-state index is 14.0. The number of carbonyl (C=O) groups excluding carboxylic acids is 4. The van der Waals surface area contributed by atoms with Gasteiger partial charge in [-0.2, -0.15) is 0 Å². The van der Waals surface area contributed by atoms with Crippen molar-refractivity contribution in [3.63, 3.8) is 0 Å². The highest BCUT2D eigenvalue weighted by Crippen LogP contribution is 2.24. The number of aryl methyl sites for hydroxylation is 1. The van der Waals surface area contributed by atoms with Crippen LogP contribution in [0.4, 0.5) is 0 Å². The minimum atomic E-state index is -0.843. The minimum absolute atomic E-state index is 0.0611. The monoisotopic (exact) mass is 650 g/mol. The van der Waals surface area contributed by atoms with Gasteiger partial charge in [-0.1, -0.05) is 98.6 Å². The Balaban J connectivity index is 1.70. The largest absolute Gasteiger partial charge is 0.352 e. The van der Waals surface area contributed by atoms with E-state index in [1.165, 1.54) is 4.90 Å². The number of hydrogen-bond donors (Lipinski definition) is 3. The average molecular weight is 652 g/mol. The predicted molar refractivity (Wildman–Crippen MR) is 177 cm³/mol. The van der Waals surface area contributed by atoms with Crippen LogP contribution in [0.15, 0.2) is 66.7 Å². The zero-order valence-corrected chi connectivity index (χ0v) is 27.6. The molecule has 4 amide bonds. The highest BCUT2D eigenvalue weighted by molar-refractivity contribution is 6.42. The van der Waals surface area contributed by atoms with Crippen molar-refractivity contribution in [2.45, 2.75) is 72.1 Å². The summed E-state index contributed by atoms with van der Waals surface area (Å²) >= 11 is 12.4. The van der Waals surface area contributed by atoms with Crippen LogP contribution >= 0.6 is 23.2 Å². The summed E-state index contributed by atoms with van der Waals surface area (Å²) in [7, 11) is 0. The van der Waals surface area contributed by atoms with Gasteiger partial charge in [0.15, 0.2) is 0 Å². The lowest BCUT2D eigenvalue weighted by Gasteiger charge is -2.32. The molecule has 0 saturated carbocycles. The van der Waals surface area contributed by atoms with E-state index in [-0.39, 0.29) is 50.2 Å². The molecule has 0 unspecified atom stereocenters. The predicted octanol–water partition coefficient (Wildman–Crippen LogP) is 5.15. The molecule has 4 rings (SSSR count). The van der Waals surface area contributed by atoms with E-state index in [4.69, 9.17) is 23.2 Å². The minimum Gasteiger partial charge on any atom is -0.352 e. The topological polar surface area (TPSA) is 108 Å². The van der Waals surface area contributed by atoms with E-state index < -0.39 is 23.4 Å². The Morgan fingerprint density at radius 1 is 0.844 bits per heavy atom. The maximum Gasteiger partial charge on any atom is 0.243 e. The number of carbonyl (C=O) groups is 4. The summed E-state index contributed by atoms with van der Waals surface area (Å²) in [5, 5.41) is 9.64. The van der Waals surface area contributed by atoms with E-state index >= 15 is 0 Å². The van der Waals surface area contributed by atoms with E-state index in [1.807, 2.05) is 82.3 Å². The fraction of sp³-hybridized carbons (Fsp3) is 0.371. The number of hydrogen-bond acceptors (Lipinski definition) is 4. The molecule has 3 N–H and O–H groups in total. The lowest BCUT2D eigenvalue weighted by atomic mass is 9.86. The number of rotatable bonds is 4. The van der Waals surface area contributed by atoms with E-state index in [2.05, 4.69) is 16.0 Å². The number of nitrogens with one attached hydrogen (secondary N) is 3. The number of fused-ring (bicyclic) bond motifs is 2. The first kappa shape index (κ1) is 34.0. The van der Waals surface area contributed by atoms with Gasteiger partial charge in [0.05, 0.1) is 23.0 Å². The third-order valence-electron chi connectivity index (χ3n) is 7.82. The van der Waals surface area contributed by atoms with Crippen molar-refractivity contribution in [3.8, 4) is 0 Å². The Hall–Kier alpha value is -3.88. The molecular weight excluding hydrogens is 611 g/mol. The lowest BCUT2D eigenvalue weighted by molar-refractivity contribution is -0.138. The molecule has 3 aromatic carbocycles. The summed E-state index contributed by atoms with van der Waals surface area (Å²) in [4.78, 5) is 55.7. The van der Waals surface area contributed by atoms with Gasteiger partial charge in [0, 0.05) is 25.6 Å². The molecule has 0 saturated heterocycles. The Labute approximate surface area is 274 Å². The van der Waals surface area contributed by atoms with E-state index in [0.29, 0.717) is 16.5 Å². The van der Waals surface area contributed by atoms with Crippen molar-refractivity contribution in [1.82, 2.24) is 20.9 Å². The highest BCUT2D eigenvalue weighted by atomic mass is 35.5. The van der Waals surface area contributed by atoms with Crippen LogP contribution in [0.5, 0.6) is 0 Å². The van der Waals surface area contributed by atoms with Crippen molar-refractivity contribution in [1.29, 1.82) is 0 Å². The van der Waals surface area contributed by atoms with Gasteiger partial charge in [-0.15, -0.1) is 0 Å². The molecule has 10 heteroatoms. The molecule has 238 valence electrons. The van der Waals surface area contributed by atoms with Crippen LogP contribution in [0.1, 0.15) is 55.0 Å². The van der Waals surface area contributed by atoms with Gasteiger partial charge < -0.3 is 20.9 Å². The van der Waals surface area contributed by atoms with Gasteiger partial charge >= 0.3 is 0 Å². The van der Waals surface area contributed by atoms with Crippen LogP contribution in [0.25, 0.3) is 0 Å². The number of nitrogens with zero attached hydrogens (tertiary/aromatic N) is 1. The molecule has 0 aromatic heterocycles. The zero-order valence-electron chi connectivity index (χ0n) is 26.1. The van der Waals surface area contributed by atoms with Crippen LogP contribution in [0.3, 0.4) is 0 Å². The third kappa shape index (κ3) is 9.80. The van der Waals surface area contributed by atoms with Crippen molar-refractivity contribution >= 4 is 46.8 Å². The molecule has 1 aliphatic rings. The molecule has 0 spiro atoms. The van der Waals surface area contributed by atoms with Gasteiger partial charge in [-0.25, -0.2) is 0 Å². The fourth-order valence-electron chi connectivity index (χ4n) is 5.35. The molecule has 45 heavy (non-hydrogen) atoms. The zero-order chi connectivity index (χ0) is 32.7. The third-order valence-corrected chi connectivity index (χ3v) is 8.56. The van der Waals surface area contributed by atoms with Gasteiger partial charge in [0.25, 0.3) is 0 Å². The molecule has 0 fully saturated rings. The smallest absolute Gasteiger partial charge is 0.243 e. The van der Waals surface area contributed by atoms with Crippen LogP contribution in [-0.2, 0) is 45.1 Å². The standard InChI is InChI=1S/C35H40Cl2N4O4/c1-22-8-5-6-11-26(22)20-41-21-31(43)40-33(35(2,3)4)34(45)38-19-25-10-7-9-23(14-25)17-30(42)39-27(18-32(41)44)15-24-12-13-28(36)29(37)16-24/h5-14,16,27,33H,15,17-21H2,1-4H3,(H,38,45)(H,39,42)(H,40,43)/t27-,33+/m1/s1. The van der Waals surface area contributed by atoms with Crippen molar-refractivity contribution < 1.29 is 19.2 Å². The molecule has 0 aliphatic carbocycles. The lowest BCUT2D eigenvalue weighted by Crippen LogP contribution is -2.55. The fourth-order valence-corrected chi connectivity index (χ4v) is 5.67. The molecule has 0 radical (unpaired) electrons. The van der Waals surface area contributed by atoms with Crippen molar-refractivity contribution in [3.05, 3.63) is 105 Å². The highest BCUT2D eigenvalue weighted by Gasteiger charge is 2.34. The molecule has 2 bridgehead atoms. The van der Waals surface area contributed by atoms with E-state index in [0.717, 1.165) is 27.8 Å². The summed E-state index contributed by atoms with van der Waals surface area (Å²) < 4.78 is 0. The van der Waals surface area contributed by atoms with Gasteiger partial charge in [0.1, 0.15) is 6.04 Å². The van der Waals surface area contributed by atoms with Crippen molar-refractivity contribution in [2.24, 2.45) is 5.41 Å². The number of benzene rings is 3. The summed E-state index contributed by atoms with van der Waals surface area (Å²) in [6.45, 7) is 7.73. The molecule has 8 nitrogen and oxygen atoms in total. The van der Waals surface area contributed by atoms with Gasteiger partial charge in [0.2, 0.25) is 23.6 Å². The molecule has 3 aromatic rings. The normalized spacial score (nSPS) is 18.9. The first-order chi connectivity index (χ1) is 21.3. The summed E-state index contributed by atoms with van der Waals surface area (Å²) in [6, 6.07) is 18.9. The number of halogens is 2. The Morgan fingerprint density at radius 2 is 1.58 bits per heavy atom. The molecular formula is C35H40Cl2N4O4. The summed E-state index contributed by atoms with van der Waals surface area (Å²) in [6.07, 6.45) is 0.350. The van der Waals surface area contributed by atoms with Crippen LogP contribution in [0.2, 0.25) is 10.0 Å². The average Bonchev–Trinajstić information content (AvgIpc) is 2.96. The summed E-state index contributed by atoms with van der Waals surface area (Å²) in [5.41, 5.74) is 3.66. The van der Waals surface area contributed by atoms with Crippen LogP contribution in [0, 0.1) is 12.3 Å². The van der Waals surface area contributed by atoms with Crippen LogP contribution < -0.4 is 16.0 Å². The SMILES string of the molecule is Cc1ccccc1CN1CC(=O)N[C@H](C(C)(C)C)C(=O)NCc2cccc(c2)CC(=O)N[C@H](Cc2ccc(Cl)c(Cl)c2)CC1=O. The molecule has 1 aliphatic heterocycles. The Morgan fingerprint density at radius 3 is 2.29 bits per heavy atom.